The van der Waals surface area contributed by atoms with Gasteiger partial charge in [0.25, 0.3) is 15.9 Å². The summed E-state index contributed by atoms with van der Waals surface area (Å²) in [7, 11) is -3.81. The van der Waals surface area contributed by atoms with E-state index < -0.39 is 27.6 Å². The van der Waals surface area contributed by atoms with Crippen molar-refractivity contribution in [2.45, 2.75) is 4.90 Å². The van der Waals surface area contributed by atoms with Gasteiger partial charge in [-0.2, -0.15) is 0 Å². The Balaban J connectivity index is 1.74. The van der Waals surface area contributed by atoms with Gasteiger partial charge in [0.1, 0.15) is 11.6 Å². The Morgan fingerprint density at radius 2 is 1.81 bits per heavy atom. The zero-order valence-electron chi connectivity index (χ0n) is 12.9. The highest BCUT2D eigenvalue weighted by molar-refractivity contribution is 7.93. The fraction of sp³-hybridized carbons (Fsp3) is 0. The lowest BCUT2D eigenvalue weighted by molar-refractivity contribution is 0.102. The highest BCUT2D eigenvalue weighted by Crippen LogP contribution is 2.20. The molecule has 0 saturated heterocycles. The van der Waals surface area contributed by atoms with Crippen LogP contribution in [0.5, 0.6) is 0 Å². The van der Waals surface area contributed by atoms with Crippen molar-refractivity contribution < 1.29 is 22.0 Å². The number of amides is 1. The number of anilines is 2. The van der Waals surface area contributed by atoms with Crippen molar-refractivity contribution in [2.24, 2.45) is 0 Å². The van der Waals surface area contributed by atoms with E-state index in [4.69, 9.17) is 0 Å². The third-order valence-corrected chi connectivity index (χ3v) is 5.42. The van der Waals surface area contributed by atoms with Crippen LogP contribution in [0.15, 0.2) is 58.9 Å². The molecule has 3 aromatic rings. The summed E-state index contributed by atoms with van der Waals surface area (Å²) in [6, 6.07) is 7.88. The molecule has 0 radical (unpaired) electrons. The molecular formula is C16H11F2N3O3S2. The molecule has 0 fully saturated rings. The number of sulfonamides is 1. The zero-order chi connectivity index (χ0) is 18.7. The second-order valence-corrected chi connectivity index (χ2v) is 7.62. The van der Waals surface area contributed by atoms with Crippen molar-refractivity contribution in [3.63, 3.8) is 0 Å². The molecule has 0 atom stereocenters. The van der Waals surface area contributed by atoms with Gasteiger partial charge in [-0.1, -0.05) is 0 Å². The maximum absolute atomic E-state index is 13.6. The molecule has 1 aromatic heterocycles. The molecule has 10 heteroatoms. The normalized spacial score (nSPS) is 11.2. The number of halogens is 2. The largest absolute Gasteiger partial charge is 0.322 e. The molecule has 134 valence electrons. The highest BCUT2D eigenvalue weighted by atomic mass is 32.2. The second-order valence-electron chi connectivity index (χ2n) is 5.05. The van der Waals surface area contributed by atoms with Crippen LogP contribution in [0.3, 0.4) is 0 Å². The van der Waals surface area contributed by atoms with Gasteiger partial charge in [0.05, 0.1) is 10.5 Å². The van der Waals surface area contributed by atoms with E-state index in [0.29, 0.717) is 6.07 Å². The molecule has 0 bridgehead atoms. The SMILES string of the molecule is O=C(Nc1ccc(S(=O)(=O)Nc2nccs2)cc1)c1ccc(F)cc1F. The lowest BCUT2D eigenvalue weighted by Gasteiger charge is -2.08. The Kier molecular flexibility index (Phi) is 4.96. The number of nitrogens with one attached hydrogen (secondary N) is 2. The molecular weight excluding hydrogens is 384 g/mol. The Morgan fingerprint density at radius 3 is 2.42 bits per heavy atom. The molecule has 2 N–H and O–H groups in total. The molecule has 0 aliphatic rings. The highest BCUT2D eigenvalue weighted by Gasteiger charge is 2.16. The third-order valence-electron chi connectivity index (χ3n) is 3.25. The number of nitrogens with zero attached hydrogens (tertiary/aromatic N) is 1. The lowest BCUT2D eigenvalue weighted by atomic mass is 10.2. The lowest BCUT2D eigenvalue weighted by Crippen LogP contribution is -2.15. The van der Waals surface area contributed by atoms with Crippen molar-refractivity contribution in [3.05, 3.63) is 71.2 Å². The fourth-order valence-corrected chi connectivity index (χ4v) is 3.83. The van der Waals surface area contributed by atoms with Crippen LogP contribution in [0.2, 0.25) is 0 Å². The smallest absolute Gasteiger partial charge is 0.263 e. The van der Waals surface area contributed by atoms with Gasteiger partial charge in [-0.25, -0.2) is 22.2 Å². The van der Waals surface area contributed by atoms with Crippen LogP contribution < -0.4 is 10.0 Å². The number of aromatic nitrogens is 1. The van der Waals surface area contributed by atoms with Gasteiger partial charge in [-0.3, -0.25) is 9.52 Å². The van der Waals surface area contributed by atoms with E-state index in [1.165, 1.54) is 30.5 Å². The average Bonchev–Trinajstić information content (AvgIpc) is 3.07. The number of carbonyl (C=O) groups is 1. The third kappa shape index (κ3) is 4.03. The monoisotopic (exact) mass is 395 g/mol. The standard InChI is InChI=1S/C16H11F2N3O3S2/c17-10-1-6-13(14(18)9-10)15(22)20-11-2-4-12(5-3-11)26(23,24)21-16-19-7-8-25-16/h1-9H,(H,19,21)(H,20,22). The predicted octanol–water partition coefficient (Wildman–Crippen LogP) is 3.47. The minimum atomic E-state index is -3.81. The van der Waals surface area contributed by atoms with Gasteiger partial charge in [-0.15, -0.1) is 11.3 Å². The molecule has 1 heterocycles. The Labute approximate surface area is 151 Å². The van der Waals surface area contributed by atoms with Crippen LogP contribution in [0.25, 0.3) is 0 Å². The van der Waals surface area contributed by atoms with Gasteiger partial charge in [0, 0.05) is 23.3 Å². The van der Waals surface area contributed by atoms with Gasteiger partial charge in [0.15, 0.2) is 5.13 Å². The molecule has 0 unspecified atom stereocenters. The number of rotatable bonds is 5. The van der Waals surface area contributed by atoms with Crippen LogP contribution in [-0.2, 0) is 10.0 Å². The van der Waals surface area contributed by atoms with Crippen molar-refractivity contribution >= 4 is 38.1 Å². The number of hydrogen-bond acceptors (Lipinski definition) is 5. The number of carbonyl (C=O) groups excluding carboxylic acids is 1. The maximum atomic E-state index is 13.6. The Morgan fingerprint density at radius 1 is 1.08 bits per heavy atom. The van der Waals surface area contributed by atoms with Gasteiger partial charge < -0.3 is 5.32 Å². The Hall–Kier alpha value is -2.85. The molecule has 6 nitrogen and oxygen atoms in total. The van der Waals surface area contributed by atoms with Crippen LogP contribution in [-0.4, -0.2) is 19.3 Å². The van der Waals surface area contributed by atoms with Crippen LogP contribution in [0.4, 0.5) is 19.6 Å². The fourth-order valence-electron chi connectivity index (χ4n) is 2.04. The van der Waals surface area contributed by atoms with Crippen molar-refractivity contribution in [2.75, 3.05) is 10.0 Å². The summed E-state index contributed by atoms with van der Waals surface area (Å²) in [6.45, 7) is 0. The second kappa shape index (κ2) is 7.18. The molecule has 26 heavy (non-hydrogen) atoms. The predicted molar refractivity (Wildman–Crippen MR) is 93.7 cm³/mol. The van der Waals surface area contributed by atoms with Crippen LogP contribution in [0, 0.1) is 11.6 Å². The van der Waals surface area contributed by atoms with Crippen molar-refractivity contribution in [1.82, 2.24) is 4.98 Å². The van der Waals surface area contributed by atoms with Crippen molar-refractivity contribution in [3.8, 4) is 0 Å². The quantitative estimate of drug-likeness (QED) is 0.692. The molecule has 0 saturated carbocycles. The molecule has 0 aliphatic carbocycles. The van der Waals surface area contributed by atoms with Crippen LogP contribution in [0.1, 0.15) is 10.4 Å². The summed E-state index contributed by atoms with van der Waals surface area (Å²) in [5.74, 6) is -2.56. The molecule has 0 spiro atoms. The average molecular weight is 395 g/mol. The molecule has 0 aliphatic heterocycles. The van der Waals surface area contributed by atoms with Gasteiger partial charge >= 0.3 is 0 Å². The number of benzene rings is 2. The maximum Gasteiger partial charge on any atom is 0.263 e. The number of hydrogen-bond donors (Lipinski definition) is 2. The topological polar surface area (TPSA) is 88.2 Å². The molecule has 1 amide bonds. The van der Waals surface area contributed by atoms with E-state index in [2.05, 4.69) is 15.0 Å². The van der Waals surface area contributed by atoms with E-state index in [0.717, 1.165) is 23.5 Å². The minimum absolute atomic E-state index is 0.0290. The minimum Gasteiger partial charge on any atom is -0.322 e. The summed E-state index contributed by atoms with van der Waals surface area (Å²) >= 11 is 1.14. The first-order valence-electron chi connectivity index (χ1n) is 7.14. The number of thiazole rings is 1. The molecule has 3 rings (SSSR count). The first-order valence-corrected chi connectivity index (χ1v) is 9.50. The van der Waals surface area contributed by atoms with E-state index >= 15 is 0 Å². The van der Waals surface area contributed by atoms with E-state index in [9.17, 15) is 22.0 Å². The van der Waals surface area contributed by atoms with E-state index in [1.807, 2.05) is 0 Å². The van der Waals surface area contributed by atoms with Crippen LogP contribution >= 0.6 is 11.3 Å². The first kappa shape index (κ1) is 18.0. The Bertz CT molecular complexity index is 1040. The molecule has 2 aromatic carbocycles. The van der Waals surface area contributed by atoms with E-state index in [-0.39, 0.29) is 21.3 Å². The van der Waals surface area contributed by atoms with Gasteiger partial charge in [0.2, 0.25) is 0 Å². The summed E-state index contributed by atoms with van der Waals surface area (Å²) in [4.78, 5) is 15.8. The zero-order valence-corrected chi connectivity index (χ0v) is 14.6. The van der Waals surface area contributed by atoms with Crippen molar-refractivity contribution in [1.29, 1.82) is 0 Å². The summed E-state index contributed by atoms with van der Waals surface area (Å²) < 4.78 is 53.3. The summed E-state index contributed by atoms with van der Waals surface area (Å²) in [6.07, 6.45) is 1.47. The summed E-state index contributed by atoms with van der Waals surface area (Å²) in [5.41, 5.74) is -0.0690. The van der Waals surface area contributed by atoms with Gasteiger partial charge in [-0.05, 0) is 36.4 Å². The van der Waals surface area contributed by atoms with E-state index in [1.54, 1.807) is 5.38 Å². The first-order chi connectivity index (χ1) is 12.3. The summed E-state index contributed by atoms with van der Waals surface area (Å²) in [5, 5.41) is 4.28.